The molecular weight excluding hydrogens is 260 g/mol. The first-order valence-electron chi connectivity index (χ1n) is 4.93. The molecule has 0 aliphatic carbocycles. The van der Waals surface area contributed by atoms with Crippen LogP contribution in [-0.4, -0.2) is 15.9 Å². The Labute approximate surface area is 106 Å². The Morgan fingerprint density at radius 2 is 2.17 bits per heavy atom. The van der Waals surface area contributed by atoms with E-state index in [0.29, 0.717) is 23.0 Å². The predicted octanol–water partition coefficient (Wildman–Crippen LogP) is 2.77. The summed E-state index contributed by atoms with van der Waals surface area (Å²) in [4.78, 5) is 4.03. The molecule has 0 bridgehead atoms. The number of hydrogen-bond donors (Lipinski definition) is 0. The van der Waals surface area contributed by atoms with E-state index in [1.807, 2.05) is 6.07 Å². The minimum atomic E-state index is -0.960. The van der Waals surface area contributed by atoms with Crippen molar-refractivity contribution in [2.24, 2.45) is 0 Å². The molecule has 1 aromatic carbocycles. The van der Waals surface area contributed by atoms with Crippen LogP contribution >= 0.6 is 11.8 Å². The molecule has 0 N–H and O–H groups in total. The number of aromatic nitrogens is 2. The summed E-state index contributed by atoms with van der Waals surface area (Å²) in [6.45, 7) is 0. The second-order valence-corrected chi connectivity index (χ2v) is 4.28. The van der Waals surface area contributed by atoms with E-state index in [0.717, 1.165) is 12.1 Å². The van der Waals surface area contributed by atoms with Gasteiger partial charge in [0, 0.05) is 5.56 Å². The third-order valence-electron chi connectivity index (χ3n) is 2.04. The summed E-state index contributed by atoms with van der Waals surface area (Å²) in [5.41, 5.74) is 0.342. The SMILES string of the molecule is N#CCSCc1nc(-c2ccc(F)c(F)c2)no1. The summed E-state index contributed by atoms with van der Waals surface area (Å²) in [6.07, 6.45) is 0. The average molecular weight is 267 g/mol. The number of rotatable bonds is 4. The first kappa shape index (κ1) is 12.5. The first-order chi connectivity index (χ1) is 8.70. The minimum absolute atomic E-state index is 0.196. The molecule has 1 heterocycles. The monoisotopic (exact) mass is 267 g/mol. The van der Waals surface area contributed by atoms with E-state index < -0.39 is 11.6 Å². The van der Waals surface area contributed by atoms with Gasteiger partial charge >= 0.3 is 0 Å². The summed E-state index contributed by atoms with van der Waals surface area (Å²) in [5, 5.41) is 12.0. The molecule has 18 heavy (non-hydrogen) atoms. The zero-order valence-electron chi connectivity index (χ0n) is 9.06. The molecule has 0 saturated heterocycles. The van der Waals surface area contributed by atoms with Crippen LogP contribution in [0.2, 0.25) is 0 Å². The van der Waals surface area contributed by atoms with E-state index in [-0.39, 0.29) is 5.82 Å². The average Bonchev–Trinajstić information content (AvgIpc) is 2.82. The number of nitrogens with zero attached hydrogens (tertiary/aromatic N) is 3. The lowest BCUT2D eigenvalue weighted by Gasteiger charge is -1.95. The first-order valence-corrected chi connectivity index (χ1v) is 6.09. The number of thioether (sulfide) groups is 1. The molecular formula is C11H7F2N3OS. The smallest absolute Gasteiger partial charge is 0.236 e. The van der Waals surface area contributed by atoms with Crippen LogP contribution in [0.3, 0.4) is 0 Å². The van der Waals surface area contributed by atoms with E-state index in [2.05, 4.69) is 10.1 Å². The number of nitriles is 1. The molecule has 0 saturated carbocycles. The van der Waals surface area contributed by atoms with Crippen molar-refractivity contribution in [3.8, 4) is 17.5 Å². The lowest BCUT2D eigenvalue weighted by Crippen LogP contribution is -1.87. The van der Waals surface area contributed by atoms with Crippen molar-refractivity contribution in [2.75, 3.05) is 5.75 Å². The summed E-state index contributed by atoms with van der Waals surface area (Å²) in [5.74, 6) is -0.617. The van der Waals surface area contributed by atoms with E-state index in [4.69, 9.17) is 9.78 Å². The van der Waals surface area contributed by atoms with Crippen molar-refractivity contribution >= 4 is 11.8 Å². The van der Waals surface area contributed by atoms with Crippen LogP contribution in [0.5, 0.6) is 0 Å². The molecule has 92 valence electrons. The summed E-state index contributed by atoms with van der Waals surface area (Å²) >= 11 is 1.33. The molecule has 2 aromatic rings. The van der Waals surface area contributed by atoms with E-state index in [1.165, 1.54) is 17.8 Å². The van der Waals surface area contributed by atoms with Gasteiger partial charge in [-0.2, -0.15) is 10.2 Å². The van der Waals surface area contributed by atoms with Crippen LogP contribution in [0.4, 0.5) is 8.78 Å². The maximum absolute atomic E-state index is 13.0. The van der Waals surface area contributed by atoms with Crippen molar-refractivity contribution in [2.45, 2.75) is 5.75 Å². The normalized spacial score (nSPS) is 10.3. The standard InChI is InChI=1S/C11H7F2N3OS/c12-8-2-1-7(5-9(8)13)11-15-10(17-16-11)6-18-4-3-14/h1-2,5H,4,6H2. The molecule has 0 radical (unpaired) electrons. The Hall–Kier alpha value is -1.94. The minimum Gasteiger partial charge on any atom is -0.338 e. The highest BCUT2D eigenvalue weighted by atomic mass is 32.2. The lowest BCUT2D eigenvalue weighted by atomic mass is 10.2. The topological polar surface area (TPSA) is 62.7 Å². The summed E-state index contributed by atoms with van der Waals surface area (Å²) in [7, 11) is 0. The second-order valence-electron chi connectivity index (χ2n) is 3.29. The Morgan fingerprint density at radius 3 is 2.89 bits per heavy atom. The van der Waals surface area contributed by atoms with E-state index >= 15 is 0 Å². The Balaban J connectivity index is 2.14. The van der Waals surface area contributed by atoms with E-state index in [1.54, 1.807) is 0 Å². The zero-order chi connectivity index (χ0) is 13.0. The van der Waals surface area contributed by atoms with E-state index in [9.17, 15) is 8.78 Å². The van der Waals surface area contributed by atoms with Gasteiger partial charge in [0.2, 0.25) is 11.7 Å². The highest BCUT2D eigenvalue weighted by Crippen LogP contribution is 2.20. The van der Waals surface area contributed by atoms with Gasteiger partial charge in [0.1, 0.15) is 0 Å². The zero-order valence-corrected chi connectivity index (χ0v) is 9.88. The predicted molar refractivity (Wildman–Crippen MR) is 61.4 cm³/mol. The van der Waals surface area contributed by atoms with Crippen LogP contribution < -0.4 is 0 Å². The highest BCUT2D eigenvalue weighted by Gasteiger charge is 2.11. The molecule has 0 aliphatic heterocycles. The largest absolute Gasteiger partial charge is 0.338 e. The van der Waals surface area contributed by atoms with Gasteiger partial charge in [-0.05, 0) is 18.2 Å². The van der Waals surface area contributed by atoms with Crippen LogP contribution in [0.15, 0.2) is 22.7 Å². The van der Waals surface area contributed by atoms with Gasteiger partial charge in [0.15, 0.2) is 11.6 Å². The van der Waals surface area contributed by atoms with Crippen LogP contribution in [0.25, 0.3) is 11.4 Å². The highest BCUT2D eigenvalue weighted by molar-refractivity contribution is 7.98. The van der Waals surface area contributed by atoms with Gasteiger partial charge in [0.25, 0.3) is 0 Å². The fourth-order valence-corrected chi connectivity index (χ4v) is 1.74. The Morgan fingerprint density at radius 1 is 1.33 bits per heavy atom. The van der Waals surface area contributed by atoms with Crippen molar-refractivity contribution in [3.63, 3.8) is 0 Å². The molecule has 7 heteroatoms. The number of hydrogen-bond acceptors (Lipinski definition) is 5. The fraction of sp³-hybridized carbons (Fsp3) is 0.182. The fourth-order valence-electron chi connectivity index (χ4n) is 1.25. The molecule has 2 rings (SSSR count). The van der Waals surface area contributed by atoms with Crippen molar-refractivity contribution < 1.29 is 13.3 Å². The van der Waals surface area contributed by atoms with Crippen LogP contribution in [0, 0.1) is 23.0 Å². The number of halogens is 2. The molecule has 4 nitrogen and oxygen atoms in total. The lowest BCUT2D eigenvalue weighted by molar-refractivity contribution is 0.391. The molecule has 0 spiro atoms. The molecule has 0 aliphatic rings. The Bertz CT molecular complexity index is 594. The number of benzene rings is 1. The molecule has 0 amide bonds. The summed E-state index contributed by atoms with van der Waals surface area (Å²) < 4.78 is 30.7. The van der Waals surface area contributed by atoms with Gasteiger partial charge < -0.3 is 4.52 Å². The van der Waals surface area contributed by atoms with Gasteiger partial charge in [-0.25, -0.2) is 8.78 Å². The van der Waals surface area contributed by atoms with Gasteiger partial charge in [0.05, 0.1) is 17.6 Å². The molecule has 0 atom stereocenters. The maximum atomic E-state index is 13.0. The molecule has 0 unspecified atom stereocenters. The van der Waals surface area contributed by atoms with Gasteiger partial charge in [-0.15, -0.1) is 11.8 Å². The Kier molecular flexibility index (Phi) is 3.89. The van der Waals surface area contributed by atoms with Gasteiger partial charge in [-0.1, -0.05) is 5.16 Å². The van der Waals surface area contributed by atoms with Crippen molar-refractivity contribution in [1.82, 2.24) is 10.1 Å². The molecule has 0 fully saturated rings. The van der Waals surface area contributed by atoms with Crippen LogP contribution in [0.1, 0.15) is 5.89 Å². The van der Waals surface area contributed by atoms with Crippen LogP contribution in [-0.2, 0) is 5.75 Å². The quantitative estimate of drug-likeness (QED) is 0.797. The third-order valence-corrected chi connectivity index (χ3v) is 2.82. The van der Waals surface area contributed by atoms with Crippen molar-refractivity contribution in [1.29, 1.82) is 5.26 Å². The summed E-state index contributed by atoms with van der Waals surface area (Å²) in [6, 6.07) is 5.35. The second kappa shape index (κ2) is 5.60. The van der Waals surface area contributed by atoms with Crippen molar-refractivity contribution in [3.05, 3.63) is 35.7 Å². The van der Waals surface area contributed by atoms with Gasteiger partial charge in [-0.3, -0.25) is 0 Å². The molecule has 1 aromatic heterocycles. The maximum Gasteiger partial charge on any atom is 0.236 e. The third kappa shape index (κ3) is 2.84.